The van der Waals surface area contributed by atoms with Crippen LogP contribution in [0.2, 0.25) is 0 Å². The molecule has 8 nitrogen and oxygen atoms in total. The highest BCUT2D eigenvalue weighted by atomic mass is 32.2. The first kappa shape index (κ1) is 23.0. The third-order valence-corrected chi connectivity index (χ3v) is 7.65. The summed E-state index contributed by atoms with van der Waals surface area (Å²) in [7, 11) is 0. The number of benzene rings is 1. The van der Waals surface area contributed by atoms with Crippen LogP contribution >= 0.6 is 23.1 Å². The highest BCUT2D eigenvalue weighted by molar-refractivity contribution is 8.00. The van der Waals surface area contributed by atoms with E-state index in [1.165, 1.54) is 39.6 Å². The number of pyridine rings is 1. The van der Waals surface area contributed by atoms with Gasteiger partial charge in [-0.1, -0.05) is 52.9 Å². The molecule has 1 atom stereocenters. The normalized spacial score (nSPS) is 15.8. The quantitative estimate of drug-likeness (QED) is 0.207. The first-order valence-electron chi connectivity index (χ1n) is 10.7. The molecule has 1 aliphatic heterocycles. The van der Waals surface area contributed by atoms with Gasteiger partial charge in [-0.2, -0.15) is 0 Å². The zero-order valence-electron chi connectivity index (χ0n) is 18.8. The van der Waals surface area contributed by atoms with E-state index in [1.54, 1.807) is 37.5 Å². The topological polar surface area (TPSA) is 109 Å². The summed E-state index contributed by atoms with van der Waals surface area (Å²) in [4.78, 5) is 31.9. The van der Waals surface area contributed by atoms with Gasteiger partial charge in [0.05, 0.1) is 11.6 Å². The molecule has 35 heavy (non-hydrogen) atoms. The van der Waals surface area contributed by atoms with Gasteiger partial charge in [-0.3, -0.25) is 19.5 Å². The molecule has 0 unspecified atom stereocenters. The summed E-state index contributed by atoms with van der Waals surface area (Å²) in [5.74, 6) is -0.619. The van der Waals surface area contributed by atoms with Crippen molar-refractivity contribution in [1.29, 1.82) is 0 Å². The van der Waals surface area contributed by atoms with Gasteiger partial charge < -0.3 is 9.52 Å². The van der Waals surface area contributed by atoms with E-state index in [2.05, 4.69) is 39.4 Å². The fourth-order valence-electron chi connectivity index (χ4n) is 3.77. The lowest BCUT2D eigenvalue weighted by Gasteiger charge is -2.23. The van der Waals surface area contributed by atoms with Crippen LogP contribution in [0, 0.1) is 13.8 Å². The summed E-state index contributed by atoms with van der Waals surface area (Å²) >= 11 is 2.73. The first-order valence-corrected chi connectivity index (χ1v) is 12.5. The number of aliphatic hydroxyl groups excluding tert-OH is 1. The number of aliphatic hydroxyl groups is 1. The van der Waals surface area contributed by atoms with Crippen LogP contribution in [0.5, 0.6) is 0 Å². The molecular weight excluding hydrogens is 484 g/mol. The van der Waals surface area contributed by atoms with E-state index >= 15 is 0 Å². The second kappa shape index (κ2) is 9.47. The molecule has 5 rings (SSSR count). The summed E-state index contributed by atoms with van der Waals surface area (Å²) in [6.45, 7) is 3.75. The van der Waals surface area contributed by atoms with Gasteiger partial charge in [0.25, 0.3) is 5.91 Å². The van der Waals surface area contributed by atoms with Gasteiger partial charge in [0.1, 0.15) is 5.76 Å². The number of aryl methyl sites for hydroxylation is 2. The van der Waals surface area contributed by atoms with Crippen molar-refractivity contribution in [3.8, 4) is 0 Å². The Balaban J connectivity index is 1.47. The molecule has 0 bridgehead atoms. The minimum atomic E-state index is -0.897. The van der Waals surface area contributed by atoms with Crippen molar-refractivity contribution in [1.82, 2.24) is 15.2 Å². The molecule has 4 heterocycles. The lowest BCUT2D eigenvalue weighted by Crippen LogP contribution is -2.31. The summed E-state index contributed by atoms with van der Waals surface area (Å²) in [5, 5.41) is 19.5. The van der Waals surface area contributed by atoms with Gasteiger partial charge in [0.2, 0.25) is 10.9 Å². The van der Waals surface area contributed by atoms with Crippen molar-refractivity contribution in [2.24, 2.45) is 0 Å². The predicted octanol–water partition coefficient (Wildman–Crippen LogP) is 5.22. The largest absolute Gasteiger partial charge is 0.503 e. The Bertz CT molecular complexity index is 1430. The number of carbonyl (C=O) groups is 2. The molecule has 3 aromatic heterocycles. The van der Waals surface area contributed by atoms with Gasteiger partial charge in [-0.25, -0.2) is 0 Å². The van der Waals surface area contributed by atoms with Crippen molar-refractivity contribution in [2.45, 2.75) is 30.0 Å². The highest BCUT2D eigenvalue weighted by Gasteiger charge is 2.46. The number of hydrogen-bond donors (Lipinski definition) is 1. The van der Waals surface area contributed by atoms with E-state index in [9.17, 15) is 14.7 Å². The van der Waals surface area contributed by atoms with Gasteiger partial charge >= 0.3 is 0 Å². The highest BCUT2D eigenvalue weighted by Crippen LogP contribution is 2.43. The number of amides is 1. The smallest absolute Gasteiger partial charge is 0.296 e. The number of Topliss-reactive ketones (excluding diaryl/α,β-unsaturated/α-hetero) is 1. The lowest BCUT2D eigenvalue weighted by atomic mass is 9.96. The SMILES string of the molecule is Cc1ccc(CSc2nnc(N3C(=O)C(O)=C(C(=O)c4ccc(C)o4)[C@@H]3c3ccncc3)s2)cc1. The van der Waals surface area contributed by atoms with Crippen LogP contribution in [0.3, 0.4) is 0 Å². The van der Waals surface area contributed by atoms with Crippen LogP contribution in [0.15, 0.2) is 81.0 Å². The van der Waals surface area contributed by atoms with Gasteiger partial charge in [-0.15, -0.1) is 10.2 Å². The molecule has 0 saturated carbocycles. The number of nitrogens with zero attached hydrogens (tertiary/aromatic N) is 4. The fraction of sp³-hybridized carbons (Fsp3) is 0.160. The molecule has 4 aromatic rings. The van der Waals surface area contributed by atoms with E-state index in [0.717, 1.165) is 5.56 Å². The van der Waals surface area contributed by atoms with Gasteiger partial charge in [0, 0.05) is 18.1 Å². The maximum Gasteiger partial charge on any atom is 0.296 e. The Morgan fingerprint density at radius 3 is 2.51 bits per heavy atom. The van der Waals surface area contributed by atoms with Crippen LogP contribution in [-0.4, -0.2) is 32.0 Å². The van der Waals surface area contributed by atoms with E-state index < -0.39 is 23.5 Å². The van der Waals surface area contributed by atoms with Crippen molar-refractivity contribution in [2.75, 3.05) is 4.90 Å². The Kier molecular flexibility index (Phi) is 6.23. The van der Waals surface area contributed by atoms with Crippen LogP contribution in [0.25, 0.3) is 0 Å². The molecule has 0 spiro atoms. The maximum absolute atomic E-state index is 13.3. The molecule has 0 saturated heterocycles. The summed E-state index contributed by atoms with van der Waals surface area (Å²) in [5.41, 5.74) is 2.87. The van der Waals surface area contributed by atoms with Crippen LogP contribution in [0.1, 0.15) is 39.0 Å². The molecular formula is C25H20N4O4S2. The molecule has 1 amide bonds. The summed E-state index contributed by atoms with van der Waals surface area (Å²) in [6.07, 6.45) is 3.13. The number of thioether (sulfide) groups is 1. The van der Waals surface area contributed by atoms with Crippen LogP contribution in [0.4, 0.5) is 5.13 Å². The minimum Gasteiger partial charge on any atom is -0.503 e. The van der Waals surface area contributed by atoms with Gasteiger partial charge in [-0.05, 0) is 49.2 Å². The molecule has 0 fully saturated rings. The minimum absolute atomic E-state index is 0.0457. The number of rotatable bonds is 7. The number of ketones is 1. The Labute approximate surface area is 209 Å². The Morgan fingerprint density at radius 1 is 1.09 bits per heavy atom. The fourth-order valence-corrected chi connectivity index (χ4v) is 5.60. The molecule has 10 heteroatoms. The zero-order valence-corrected chi connectivity index (χ0v) is 20.5. The second-order valence-corrected chi connectivity index (χ2v) is 10.2. The van der Waals surface area contributed by atoms with Gasteiger partial charge in [0.15, 0.2) is 15.9 Å². The third-order valence-electron chi connectivity index (χ3n) is 5.52. The number of anilines is 1. The van der Waals surface area contributed by atoms with E-state index in [0.29, 0.717) is 21.4 Å². The van der Waals surface area contributed by atoms with Crippen molar-refractivity contribution < 1.29 is 19.1 Å². The van der Waals surface area contributed by atoms with E-state index in [1.807, 2.05) is 6.92 Å². The molecule has 1 N–H and O–H groups in total. The average Bonchev–Trinajstić information content (AvgIpc) is 3.57. The Hall–Kier alpha value is -3.76. The molecule has 0 radical (unpaired) electrons. The summed E-state index contributed by atoms with van der Waals surface area (Å²) in [6, 6.07) is 13.9. The number of carbonyl (C=O) groups excluding carboxylic acids is 2. The third kappa shape index (κ3) is 4.50. The predicted molar refractivity (Wildman–Crippen MR) is 133 cm³/mol. The first-order chi connectivity index (χ1) is 16.9. The maximum atomic E-state index is 13.3. The van der Waals surface area contributed by atoms with E-state index in [4.69, 9.17) is 4.42 Å². The summed E-state index contributed by atoms with van der Waals surface area (Å²) < 4.78 is 6.16. The zero-order chi connectivity index (χ0) is 24.5. The standard InChI is InChI=1S/C25H20N4O4S2/c1-14-3-6-16(7-4-14)13-34-25-28-27-24(35-25)29-20(17-9-11-26-12-10-17)19(22(31)23(29)32)21(30)18-8-5-15(2)33-18/h3-12,20,31H,13H2,1-2H3/t20-/m0/s1. The van der Waals surface area contributed by atoms with Crippen LogP contribution < -0.4 is 4.90 Å². The molecule has 1 aromatic carbocycles. The number of aromatic nitrogens is 3. The van der Waals surface area contributed by atoms with Crippen molar-refractivity contribution in [3.05, 3.63) is 100 Å². The van der Waals surface area contributed by atoms with E-state index in [-0.39, 0.29) is 16.5 Å². The molecule has 176 valence electrons. The average molecular weight is 505 g/mol. The lowest BCUT2D eigenvalue weighted by molar-refractivity contribution is -0.117. The Morgan fingerprint density at radius 2 is 1.83 bits per heavy atom. The van der Waals surface area contributed by atoms with Crippen molar-refractivity contribution in [3.63, 3.8) is 0 Å². The number of furan rings is 1. The van der Waals surface area contributed by atoms with Crippen LogP contribution in [-0.2, 0) is 10.5 Å². The number of hydrogen-bond acceptors (Lipinski definition) is 9. The molecule has 0 aliphatic carbocycles. The second-order valence-electron chi connectivity index (χ2n) is 7.98. The van der Waals surface area contributed by atoms with Crippen molar-refractivity contribution >= 4 is 39.9 Å². The molecule has 1 aliphatic rings. The monoisotopic (exact) mass is 504 g/mol.